The zero-order chi connectivity index (χ0) is 18.7. The lowest BCUT2D eigenvalue weighted by Crippen LogP contribution is -2.15. The van der Waals surface area contributed by atoms with E-state index >= 15 is 0 Å². The van der Waals surface area contributed by atoms with E-state index in [0.717, 1.165) is 24.2 Å². The van der Waals surface area contributed by atoms with E-state index in [4.69, 9.17) is 9.84 Å². The molecule has 8 heteroatoms. The summed E-state index contributed by atoms with van der Waals surface area (Å²) in [6.07, 6.45) is 5.82. The molecule has 138 valence electrons. The highest BCUT2D eigenvalue weighted by atomic mass is 32.1. The van der Waals surface area contributed by atoms with Crippen LogP contribution in [0, 0.1) is 23.0 Å². The van der Waals surface area contributed by atoms with Crippen LogP contribution in [0.2, 0.25) is 0 Å². The molecule has 7 nitrogen and oxygen atoms in total. The highest BCUT2D eigenvalue weighted by Gasteiger charge is 2.22. The molecule has 26 heavy (non-hydrogen) atoms. The number of nitrogens with zero attached hydrogens (tertiary/aromatic N) is 2. The summed E-state index contributed by atoms with van der Waals surface area (Å²) in [5.41, 5.74) is 0.795. The van der Waals surface area contributed by atoms with Crippen LogP contribution in [0.4, 0.5) is 5.69 Å². The van der Waals surface area contributed by atoms with E-state index in [-0.39, 0.29) is 16.3 Å². The molecule has 1 aromatic carbocycles. The number of ether oxygens (including phenoxy) is 1. The quantitative estimate of drug-likeness (QED) is 0.580. The number of aromatic nitrogens is 1. The van der Waals surface area contributed by atoms with Gasteiger partial charge < -0.3 is 9.84 Å². The topological polar surface area (TPSA) is 103 Å². The van der Waals surface area contributed by atoms with E-state index in [2.05, 4.69) is 4.98 Å². The van der Waals surface area contributed by atoms with Gasteiger partial charge in [-0.3, -0.25) is 10.1 Å². The fourth-order valence-corrected chi connectivity index (χ4v) is 4.10. The highest BCUT2D eigenvalue weighted by Crippen LogP contribution is 2.35. The molecule has 0 aliphatic heterocycles. The number of carboxylic acids is 1. The Labute approximate surface area is 154 Å². The predicted octanol–water partition coefficient (Wildman–Crippen LogP) is 4.68. The molecule has 1 aliphatic carbocycles. The van der Waals surface area contributed by atoms with Gasteiger partial charge in [0.1, 0.15) is 9.88 Å². The molecule has 0 bridgehead atoms. The van der Waals surface area contributed by atoms with Crippen LogP contribution < -0.4 is 4.74 Å². The minimum atomic E-state index is -1.05. The van der Waals surface area contributed by atoms with Crippen molar-refractivity contribution in [2.24, 2.45) is 5.92 Å². The molecule has 1 aliphatic rings. The number of thiazole rings is 1. The number of nitro benzene ring substituents is 1. The molecule has 0 amide bonds. The van der Waals surface area contributed by atoms with E-state index in [1.54, 1.807) is 19.1 Å². The summed E-state index contributed by atoms with van der Waals surface area (Å²) in [6.45, 7) is 2.10. The predicted molar refractivity (Wildman–Crippen MR) is 98.0 cm³/mol. The molecule has 1 N–H and O–H groups in total. The second-order valence-corrected chi connectivity index (χ2v) is 7.49. The second-order valence-electron chi connectivity index (χ2n) is 6.49. The average Bonchev–Trinajstić information content (AvgIpc) is 3.02. The Morgan fingerprint density at radius 2 is 2.12 bits per heavy atom. The maximum Gasteiger partial charge on any atom is 0.347 e. The van der Waals surface area contributed by atoms with Crippen LogP contribution in [0.1, 0.15) is 47.5 Å². The van der Waals surface area contributed by atoms with Crippen LogP contribution in [-0.4, -0.2) is 27.6 Å². The van der Waals surface area contributed by atoms with Crippen LogP contribution in [-0.2, 0) is 0 Å². The third-order valence-corrected chi connectivity index (χ3v) is 5.79. The fraction of sp³-hybridized carbons (Fsp3) is 0.444. The number of carboxylic acid groups (broad SMARTS) is 1. The van der Waals surface area contributed by atoms with Crippen LogP contribution >= 0.6 is 11.3 Å². The van der Waals surface area contributed by atoms with Gasteiger partial charge in [0.2, 0.25) is 0 Å². The molecule has 2 aromatic rings. The van der Waals surface area contributed by atoms with E-state index < -0.39 is 10.9 Å². The summed E-state index contributed by atoms with van der Waals surface area (Å²) < 4.78 is 5.74. The molecule has 0 unspecified atom stereocenters. The minimum Gasteiger partial charge on any atom is -0.487 e. The van der Waals surface area contributed by atoms with Crippen molar-refractivity contribution in [3.05, 3.63) is 38.9 Å². The first-order valence-corrected chi connectivity index (χ1v) is 9.39. The molecule has 0 atom stereocenters. The fourth-order valence-electron chi connectivity index (χ4n) is 3.19. The first-order chi connectivity index (χ1) is 12.5. The SMILES string of the molecule is Cc1nc(-c2ccc(OCC3CCCCC3)c([N+](=O)[O-])c2)sc1C(=O)O. The number of carbonyl (C=O) groups is 1. The Hall–Kier alpha value is -2.48. The first kappa shape index (κ1) is 18.3. The summed E-state index contributed by atoms with van der Waals surface area (Å²) in [6, 6.07) is 4.67. The van der Waals surface area contributed by atoms with Crippen molar-refractivity contribution in [2.45, 2.75) is 39.0 Å². The molecule has 0 spiro atoms. The van der Waals surface area contributed by atoms with Gasteiger partial charge in [-0.2, -0.15) is 0 Å². The molecule has 0 radical (unpaired) electrons. The van der Waals surface area contributed by atoms with Gasteiger partial charge in [-0.1, -0.05) is 19.3 Å². The molecule has 0 saturated heterocycles. The number of aryl methyl sites for hydroxylation is 1. The molecule has 1 aromatic heterocycles. The van der Waals surface area contributed by atoms with Crippen molar-refractivity contribution in [3.8, 4) is 16.3 Å². The highest BCUT2D eigenvalue weighted by molar-refractivity contribution is 7.17. The lowest BCUT2D eigenvalue weighted by Gasteiger charge is -2.21. The van der Waals surface area contributed by atoms with Gasteiger partial charge in [-0.25, -0.2) is 9.78 Å². The maximum atomic E-state index is 11.5. The number of benzene rings is 1. The summed E-state index contributed by atoms with van der Waals surface area (Å²) in [5, 5.41) is 21.0. The smallest absolute Gasteiger partial charge is 0.347 e. The van der Waals surface area contributed by atoms with Crippen molar-refractivity contribution in [3.63, 3.8) is 0 Å². The van der Waals surface area contributed by atoms with E-state index in [1.165, 1.54) is 25.3 Å². The Kier molecular flexibility index (Phi) is 5.51. The summed E-state index contributed by atoms with van der Waals surface area (Å²) in [4.78, 5) is 26.5. The Balaban J connectivity index is 1.83. The molecule has 3 rings (SSSR count). The van der Waals surface area contributed by atoms with Crippen molar-refractivity contribution >= 4 is 23.0 Å². The summed E-state index contributed by atoms with van der Waals surface area (Å²) in [7, 11) is 0. The van der Waals surface area contributed by atoms with Crippen molar-refractivity contribution in [2.75, 3.05) is 6.61 Å². The van der Waals surface area contributed by atoms with E-state index in [1.807, 2.05) is 0 Å². The van der Waals surface area contributed by atoms with Gasteiger partial charge >= 0.3 is 11.7 Å². The summed E-state index contributed by atoms with van der Waals surface area (Å²) >= 11 is 1.01. The van der Waals surface area contributed by atoms with Crippen LogP contribution in [0.25, 0.3) is 10.6 Å². The Morgan fingerprint density at radius 1 is 1.38 bits per heavy atom. The number of hydrogen-bond acceptors (Lipinski definition) is 6. The molecular formula is C18H20N2O5S. The Morgan fingerprint density at radius 3 is 2.73 bits per heavy atom. The number of rotatable bonds is 6. The van der Waals surface area contributed by atoms with Gasteiger partial charge in [0.25, 0.3) is 0 Å². The normalized spacial score (nSPS) is 15.0. The van der Waals surface area contributed by atoms with Crippen molar-refractivity contribution in [1.82, 2.24) is 4.98 Å². The summed E-state index contributed by atoms with van der Waals surface area (Å²) in [5.74, 6) is -0.355. The van der Waals surface area contributed by atoms with Gasteiger partial charge in [-0.15, -0.1) is 11.3 Å². The lowest BCUT2D eigenvalue weighted by molar-refractivity contribution is -0.385. The van der Waals surface area contributed by atoms with E-state index in [9.17, 15) is 14.9 Å². The maximum absolute atomic E-state index is 11.5. The van der Waals surface area contributed by atoms with Crippen LogP contribution in [0.3, 0.4) is 0 Å². The number of hydrogen-bond donors (Lipinski definition) is 1. The van der Waals surface area contributed by atoms with E-state index in [0.29, 0.717) is 28.8 Å². The zero-order valence-corrected chi connectivity index (χ0v) is 15.3. The molecular weight excluding hydrogens is 356 g/mol. The monoisotopic (exact) mass is 376 g/mol. The zero-order valence-electron chi connectivity index (χ0n) is 14.4. The van der Waals surface area contributed by atoms with Gasteiger partial charge in [0.15, 0.2) is 5.75 Å². The molecule has 1 fully saturated rings. The first-order valence-electron chi connectivity index (χ1n) is 8.58. The van der Waals surface area contributed by atoms with Crippen molar-refractivity contribution < 1.29 is 19.6 Å². The largest absolute Gasteiger partial charge is 0.487 e. The van der Waals surface area contributed by atoms with Gasteiger partial charge in [0, 0.05) is 11.6 Å². The Bertz CT molecular complexity index is 827. The lowest BCUT2D eigenvalue weighted by atomic mass is 9.90. The van der Waals surface area contributed by atoms with Crippen molar-refractivity contribution in [1.29, 1.82) is 0 Å². The van der Waals surface area contributed by atoms with Crippen LogP contribution in [0.5, 0.6) is 5.75 Å². The average molecular weight is 376 g/mol. The molecule has 1 saturated carbocycles. The van der Waals surface area contributed by atoms with Gasteiger partial charge in [-0.05, 0) is 37.8 Å². The molecule has 1 heterocycles. The third-order valence-electron chi connectivity index (χ3n) is 4.59. The second kappa shape index (κ2) is 7.82. The third kappa shape index (κ3) is 4.01. The minimum absolute atomic E-state index is 0.122. The van der Waals surface area contributed by atoms with Gasteiger partial charge in [0.05, 0.1) is 17.2 Å². The number of aromatic carboxylic acids is 1. The standard InChI is InChI=1S/C18H20N2O5S/c1-11-16(18(21)22)26-17(19-11)13-7-8-15(14(9-13)20(23)24)25-10-12-5-3-2-4-6-12/h7-9,12H,2-6,10H2,1H3,(H,21,22). The van der Waals surface area contributed by atoms with Crippen LogP contribution in [0.15, 0.2) is 18.2 Å². The number of nitro groups is 1.